The second-order valence-corrected chi connectivity index (χ2v) is 7.74. The summed E-state index contributed by atoms with van der Waals surface area (Å²) in [5, 5.41) is 10.0. The molecule has 11 heteroatoms. The molecule has 32 heavy (non-hydrogen) atoms. The van der Waals surface area contributed by atoms with Crippen LogP contribution in [0.1, 0.15) is 40.9 Å². The quantitative estimate of drug-likeness (QED) is 0.736. The summed E-state index contributed by atoms with van der Waals surface area (Å²) in [4.78, 5) is 40.6. The third-order valence-electron chi connectivity index (χ3n) is 5.47. The van der Waals surface area contributed by atoms with Gasteiger partial charge in [-0.15, -0.1) is 0 Å². The highest BCUT2D eigenvalue weighted by Crippen LogP contribution is 2.43. The first-order valence-electron chi connectivity index (χ1n) is 9.92. The number of carboxylic acid groups (broad SMARTS) is 1. The minimum atomic E-state index is -5.08. The van der Waals surface area contributed by atoms with Gasteiger partial charge in [0.1, 0.15) is 11.8 Å². The van der Waals surface area contributed by atoms with Gasteiger partial charge in [-0.3, -0.25) is 14.6 Å². The molecule has 2 aromatic rings. The van der Waals surface area contributed by atoms with Gasteiger partial charge in [-0.2, -0.15) is 13.2 Å². The fraction of sp³-hybridized carbons (Fsp3) is 0.429. The van der Waals surface area contributed by atoms with Crippen LogP contribution < -0.4 is 5.32 Å². The first kappa shape index (κ1) is 23.3. The Bertz CT molecular complexity index is 977. The number of carboxylic acids is 1. The smallest absolute Gasteiger partial charge is 0.475 e. The molecule has 2 N–H and O–H groups in total. The van der Waals surface area contributed by atoms with Gasteiger partial charge in [0.2, 0.25) is 5.91 Å². The van der Waals surface area contributed by atoms with E-state index >= 15 is 0 Å². The zero-order chi connectivity index (χ0) is 23.5. The van der Waals surface area contributed by atoms with Gasteiger partial charge >= 0.3 is 12.1 Å². The number of fused-ring (bicyclic) bond motifs is 2. The van der Waals surface area contributed by atoms with Crippen LogP contribution in [-0.4, -0.2) is 51.0 Å². The number of aryl methyl sites for hydroxylation is 1. The van der Waals surface area contributed by atoms with Crippen molar-refractivity contribution in [2.24, 2.45) is 5.92 Å². The van der Waals surface area contributed by atoms with Crippen LogP contribution in [0.25, 0.3) is 0 Å². The molecule has 1 saturated heterocycles. The van der Waals surface area contributed by atoms with Crippen LogP contribution in [0.2, 0.25) is 0 Å². The number of hydrogen-bond acceptors (Lipinski definition) is 5. The molecule has 1 aliphatic heterocycles. The van der Waals surface area contributed by atoms with Crippen LogP contribution >= 0.6 is 0 Å². The molecule has 8 nitrogen and oxygen atoms in total. The summed E-state index contributed by atoms with van der Waals surface area (Å²) < 4.78 is 37.0. The van der Waals surface area contributed by atoms with Crippen LogP contribution in [0.15, 0.2) is 41.3 Å². The van der Waals surface area contributed by atoms with Crippen molar-refractivity contribution in [1.82, 2.24) is 15.2 Å². The number of carbonyl (C=O) groups is 3. The monoisotopic (exact) mass is 453 g/mol. The number of likely N-dealkylation sites (tertiary alicyclic amines) is 1. The van der Waals surface area contributed by atoms with Crippen LogP contribution in [0, 0.1) is 12.8 Å². The van der Waals surface area contributed by atoms with Crippen molar-refractivity contribution >= 4 is 17.8 Å². The molecular formula is C21H22F3N3O5. The summed E-state index contributed by atoms with van der Waals surface area (Å²) in [6, 6.07) is 5.19. The molecule has 2 fully saturated rings. The van der Waals surface area contributed by atoms with E-state index in [2.05, 4.69) is 10.3 Å². The lowest BCUT2D eigenvalue weighted by Gasteiger charge is -2.34. The van der Waals surface area contributed by atoms with E-state index in [1.54, 1.807) is 29.6 Å². The Hall–Kier alpha value is -3.37. The number of amides is 2. The number of nitrogens with one attached hydrogen (secondary N) is 1. The molecule has 4 rings (SSSR count). The van der Waals surface area contributed by atoms with Crippen molar-refractivity contribution in [3.63, 3.8) is 0 Å². The first-order chi connectivity index (χ1) is 15.1. The molecule has 0 spiro atoms. The average Bonchev–Trinajstić information content (AvgIpc) is 3.48. The van der Waals surface area contributed by atoms with Gasteiger partial charge in [0.25, 0.3) is 5.91 Å². The fourth-order valence-electron chi connectivity index (χ4n) is 4.13. The highest BCUT2D eigenvalue weighted by molar-refractivity contribution is 5.98. The van der Waals surface area contributed by atoms with Gasteiger partial charge in [-0.1, -0.05) is 0 Å². The molecular weight excluding hydrogens is 431 g/mol. The summed E-state index contributed by atoms with van der Waals surface area (Å²) in [6.45, 7) is 2.25. The summed E-state index contributed by atoms with van der Waals surface area (Å²) in [5.41, 5.74) is 1.49. The summed E-state index contributed by atoms with van der Waals surface area (Å²) in [6.07, 6.45) is 2.68. The molecule has 172 valence electrons. The Labute approximate surface area is 181 Å². The van der Waals surface area contributed by atoms with E-state index in [1.807, 2.05) is 19.1 Å². The van der Waals surface area contributed by atoms with Gasteiger partial charge in [-0.25, -0.2) is 4.79 Å². The number of pyridine rings is 1. The molecule has 2 aliphatic rings. The zero-order valence-corrected chi connectivity index (χ0v) is 17.1. The van der Waals surface area contributed by atoms with Crippen molar-refractivity contribution in [3.05, 3.63) is 53.7 Å². The minimum Gasteiger partial charge on any atom is -0.475 e. The maximum atomic E-state index is 13.0. The van der Waals surface area contributed by atoms with E-state index in [4.69, 9.17) is 14.3 Å². The van der Waals surface area contributed by atoms with Crippen molar-refractivity contribution in [2.75, 3.05) is 0 Å². The lowest BCUT2D eigenvalue weighted by molar-refractivity contribution is -0.192. The van der Waals surface area contributed by atoms with Crippen LogP contribution in [-0.2, 0) is 16.1 Å². The van der Waals surface area contributed by atoms with Gasteiger partial charge in [-0.05, 0) is 55.9 Å². The highest BCUT2D eigenvalue weighted by Gasteiger charge is 2.51. The van der Waals surface area contributed by atoms with Gasteiger partial charge in [0.05, 0.1) is 18.4 Å². The maximum Gasteiger partial charge on any atom is 0.490 e. The molecule has 2 aromatic heterocycles. The third kappa shape index (κ3) is 5.27. The second-order valence-electron chi connectivity index (χ2n) is 7.74. The molecule has 2 amide bonds. The number of aliphatic carboxylic acids is 1. The molecule has 3 heterocycles. The number of nitrogens with zero attached hydrogens (tertiary/aromatic N) is 2. The first-order valence-corrected chi connectivity index (χ1v) is 9.92. The Morgan fingerprint density at radius 3 is 2.59 bits per heavy atom. The molecule has 3 atom stereocenters. The number of rotatable bonds is 4. The van der Waals surface area contributed by atoms with E-state index in [-0.39, 0.29) is 23.8 Å². The van der Waals surface area contributed by atoms with Crippen LogP contribution in [0.3, 0.4) is 0 Å². The number of aromatic nitrogens is 1. The summed E-state index contributed by atoms with van der Waals surface area (Å²) in [7, 11) is 0. The molecule has 0 radical (unpaired) electrons. The summed E-state index contributed by atoms with van der Waals surface area (Å²) >= 11 is 0. The number of hydrogen-bond donors (Lipinski definition) is 2. The second kappa shape index (κ2) is 9.41. The van der Waals surface area contributed by atoms with E-state index < -0.39 is 18.2 Å². The highest BCUT2D eigenvalue weighted by atomic mass is 19.4. The number of piperidine rings is 1. The fourth-order valence-corrected chi connectivity index (χ4v) is 4.13. The van der Waals surface area contributed by atoms with E-state index in [1.165, 1.54) is 0 Å². The third-order valence-corrected chi connectivity index (χ3v) is 5.47. The molecule has 1 aliphatic carbocycles. The largest absolute Gasteiger partial charge is 0.490 e. The number of halogens is 3. The van der Waals surface area contributed by atoms with E-state index in [0.29, 0.717) is 17.9 Å². The number of carbonyl (C=O) groups excluding carboxylic acids is 2. The van der Waals surface area contributed by atoms with Crippen LogP contribution in [0.5, 0.6) is 0 Å². The predicted molar refractivity (Wildman–Crippen MR) is 104 cm³/mol. The van der Waals surface area contributed by atoms with Crippen LogP contribution in [0.4, 0.5) is 13.2 Å². The van der Waals surface area contributed by atoms with E-state index in [9.17, 15) is 22.8 Å². The normalized spacial score (nSPS) is 21.6. The predicted octanol–water partition coefficient (Wildman–Crippen LogP) is 2.93. The Kier molecular flexibility index (Phi) is 6.85. The van der Waals surface area contributed by atoms with Crippen molar-refractivity contribution < 1.29 is 37.1 Å². The SMILES string of the molecule is Cc1cncc(C(=O)N2C3CCC(C3)C2C(=O)NCc2ccco2)c1.O=C(O)C(F)(F)F. The van der Waals surface area contributed by atoms with E-state index in [0.717, 1.165) is 24.8 Å². The Morgan fingerprint density at radius 2 is 2.00 bits per heavy atom. The summed E-state index contributed by atoms with van der Waals surface area (Å²) in [5.74, 6) is -2.01. The molecule has 2 bridgehead atoms. The Morgan fingerprint density at radius 1 is 1.28 bits per heavy atom. The van der Waals surface area contributed by atoms with Crippen molar-refractivity contribution in [1.29, 1.82) is 0 Å². The number of furan rings is 1. The Balaban J connectivity index is 0.000000360. The average molecular weight is 453 g/mol. The van der Waals surface area contributed by atoms with Gasteiger partial charge < -0.3 is 19.7 Å². The molecule has 0 aromatic carbocycles. The topological polar surface area (TPSA) is 113 Å². The number of alkyl halides is 3. The van der Waals surface area contributed by atoms with Crippen molar-refractivity contribution in [3.8, 4) is 0 Å². The lowest BCUT2D eigenvalue weighted by Crippen LogP contribution is -2.52. The molecule has 1 saturated carbocycles. The zero-order valence-electron chi connectivity index (χ0n) is 17.1. The standard InChI is InChI=1S/C19H21N3O3.C2HF3O2/c1-12-7-14(10-20-9-12)19(24)22-15-5-4-13(8-15)17(22)18(23)21-11-16-3-2-6-25-16;3-2(4,5)1(6)7/h2-3,6-7,9-10,13,15,17H,4-5,8,11H2,1H3,(H,21,23);(H,6,7). The van der Waals surface area contributed by atoms with Gasteiger partial charge in [0, 0.05) is 18.4 Å². The van der Waals surface area contributed by atoms with Gasteiger partial charge in [0.15, 0.2) is 0 Å². The minimum absolute atomic E-state index is 0.0958. The lowest BCUT2D eigenvalue weighted by atomic mass is 9.97. The maximum absolute atomic E-state index is 13.0. The molecule has 3 unspecified atom stereocenters. The van der Waals surface area contributed by atoms with Crippen molar-refractivity contribution in [2.45, 2.75) is 51.0 Å².